The number of aromatic nitrogens is 4. The van der Waals surface area contributed by atoms with Gasteiger partial charge in [0.1, 0.15) is 5.75 Å². The molecule has 2 N–H and O–H groups in total. The Labute approximate surface area is 194 Å². The Morgan fingerprint density at radius 3 is 2.68 bits per heavy atom. The monoisotopic (exact) mass is 496 g/mol. The van der Waals surface area contributed by atoms with Gasteiger partial charge >= 0.3 is 0 Å². The van der Waals surface area contributed by atoms with Crippen molar-refractivity contribution >= 4 is 44.8 Å². The first kappa shape index (κ1) is 21.1. The molecule has 0 saturated carbocycles. The van der Waals surface area contributed by atoms with Crippen LogP contribution in [0.3, 0.4) is 0 Å². The third kappa shape index (κ3) is 5.93. The van der Waals surface area contributed by atoms with E-state index in [1.54, 1.807) is 10.9 Å². The zero-order chi connectivity index (χ0) is 21.6. The van der Waals surface area contributed by atoms with Gasteiger partial charge in [-0.3, -0.25) is 4.68 Å². The van der Waals surface area contributed by atoms with Crippen molar-refractivity contribution in [1.29, 1.82) is 0 Å². The fourth-order valence-corrected chi connectivity index (χ4v) is 3.41. The second kappa shape index (κ2) is 9.76. The lowest BCUT2D eigenvalue weighted by atomic mass is 10.1. The number of nitrogens with zero attached hydrogens (tertiary/aromatic N) is 4. The predicted molar refractivity (Wildman–Crippen MR) is 129 cm³/mol. The van der Waals surface area contributed by atoms with Gasteiger partial charge in [-0.15, -0.1) is 0 Å². The van der Waals surface area contributed by atoms with E-state index in [0.717, 1.165) is 15.9 Å². The van der Waals surface area contributed by atoms with Gasteiger partial charge in [-0.1, -0.05) is 40.2 Å². The zero-order valence-electron chi connectivity index (χ0n) is 16.8. The standard InChI is InChI=1S/C22H21BrN6OS/c1-16-4-2-3-5-17(16)13-28-11-10-21(27-28)26-22(31)25-19-12-24-29(14-19)15-30-20-8-6-18(23)7-9-20/h2-12,14H,13,15H2,1H3,(H2,25,26,27,31). The van der Waals surface area contributed by atoms with Crippen molar-refractivity contribution in [3.8, 4) is 5.75 Å². The molecular formula is C22H21BrN6OS. The van der Waals surface area contributed by atoms with Crippen LogP contribution in [0.5, 0.6) is 5.75 Å². The van der Waals surface area contributed by atoms with Crippen LogP contribution >= 0.6 is 28.1 Å². The minimum Gasteiger partial charge on any atom is -0.471 e. The molecule has 2 aromatic heterocycles. The summed E-state index contributed by atoms with van der Waals surface area (Å²) in [5.41, 5.74) is 3.23. The number of rotatable bonds is 7. The van der Waals surface area contributed by atoms with E-state index in [-0.39, 0.29) is 0 Å². The fourth-order valence-electron chi connectivity index (χ4n) is 2.93. The minimum absolute atomic E-state index is 0.298. The number of thiocarbonyl (C=S) groups is 1. The highest BCUT2D eigenvalue weighted by atomic mass is 79.9. The van der Waals surface area contributed by atoms with Gasteiger partial charge in [-0.05, 0) is 54.5 Å². The number of halogens is 1. The van der Waals surface area contributed by atoms with E-state index >= 15 is 0 Å². The van der Waals surface area contributed by atoms with Crippen molar-refractivity contribution < 1.29 is 4.74 Å². The minimum atomic E-state index is 0.298. The summed E-state index contributed by atoms with van der Waals surface area (Å²) < 4.78 is 10.3. The predicted octanol–water partition coefficient (Wildman–Crippen LogP) is 5.04. The molecule has 2 aromatic carbocycles. The Bertz CT molecular complexity index is 1170. The second-order valence-corrected chi connectivity index (χ2v) is 8.22. The maximum atomic E-state index is 5.71. The summed E-state index contributed by atoms with van der Waals surface area (Å²) in [5.74, 6) is 1.45. The number of benzene rings is 2. The molecular weight excluding hydrogens is 476 g/mol. The third-order valence-corrected chi connectivity index (χ3v) is 5.28. The van der Waals surface area contributed by atoms with E-state index in [0.29, 0.717) is 24.2 Å². The van der Waals surface area contributed by atoms with Crippen LogP contribution in [0.2, 0.25) is 0 Å². The number of hydrogen-bond acceptors (Lipinski definition) is 4. The molecule has 158 valence electrons. The molecule has 0 aliphatic rings. The molecule has 0 atom stereocenters. The van der Waals surface area contributed by atoms with Gasteiger partial charge < -0.3 is 15.4 Å². The number of nitrogens with one attached hydrogen (secondary N) is 2. The molecule has 0 saturated heterocycles. The van der Waals surface area contributed by atoms with Crippen molar-refractivity contribution in [1.82, 2.24) is 19.6 Å². The molecule has 0 unspecified atom stereocenters. The summed E-state index contributed by atoms with van der Waals surface area (Å²) in [6.07, 6.45) is 5.44. The van der Waals surface area contributed by atoms with E-state index in [4.69, 9.17) is 17.0 Å². The molecule has 7 nitrogen and oxygen atoms in total. The van der Waals surface area contributed by atoms with Gasteiger partial charge in [0.2, 0.25) is 0 Å². The van der Waals surface area contributed by atoms with Crippen LogP contribution in [0, 0.1) is 6.92 Å². The maximum Gasteiger partial charge on any atom is 0.180 e. The van der Waals surface area contributed by atoms with Gasteiger partial charge in [0.05, 0.1) is 24.6 Å². The quantitative estimate of drug-likeness (QED) is 0.349. The summed E-state index contributed by atoms with van der Waals surface area (Å²) in [6.45, 7) is 3.10. The molecule has 0 radical (unpaired) electrons. The smallest absolute Gasteiger partial charge is 0.180 e. The van der Waals surface area contributed by atoms with Gasteiger partial charge in [0.25, 0.3) is 0 Å². The Balaban J connectivity index is 1.28. The molecule has 31 heavy (non-hydrogen) atoms. The summed E-state index contributed by atoms with van der Waals surface area (Å²) in [6, 6.07) is 17.8. The van der Waals surface area contributed by atoms with Crippen LogP contribution in [0.1, 0.15) is 11.1 Å². The van der Waals surface area contributed by atoms with Crippen LogP contribution in [0.25, 0.3) is 0 Å². The van der Waals surface area contributed by atoms with Gasteiger partial charge in [0.15, 0.2) is 17.7 Å². The van der Waals surface area contributed by atoms with Crippen molar-refractivity contribution in [2.45, 2.75) is 20.2 Å². The maximum absolute atomic E-state index is 5.71. The normalized spacial score (nSPS) is 10.6. The average molecular weight is 497 g/mol. The average Bonchev–Trinajstić information content (AvgIpc) is 3.38. The molecule has 0 aliphatic carbocycles. The summed E-state index contributed by atoms with van der Waals surface area (Å²) >= 11 is 8.80. The van der Waals surface area contributed by atoms with E-state index in [2.05, 4.69) is 55.8 Å². The molecule has 0 amide bonds. The van der Waals surface area contributed by atoms with Crippen molar-refractivity contribution in [3.05, 3.63) is 88.8 Å². The molecule has 9 heteroatoms. The highest BCUT2D eigenvalue weighted by molar-refractivity contribution is 9.10. The number of hydrogen-bond donors (Lipinski definition) is 2. The van der Waals surface area contributed by atoms with Crippen LogP contribution in [-0.4, -0.2) is 24.7 Å². The number of ether oxygens (including phenoxy) is 1. The van der Waals surface area contributed by atoms with Crippen LogP contribution in [0.4, 0.5) is 11.5 Å². The Kier molecular flexibility index (Phi) is 6.63. The Morgan fingerprint density at radius 2 is 1.87 bits per heavy atom. The first-order valence-electron chi connectivity index (χ1n) is 9.62. The van der Waals surface area contributed by atoms with Crippen molar-refractivity contribution in [3.63, 3.8) is 0 Å². The summed E-state index contributed by atoms with van der Waals surface area (Å²) in [4.78, 5) is 0. The third-order valence-electron chi connectivity index (χ3n) is 4.54. The molecule has 4 rings (SSSR count). The largest absolute Gasteiger partial charge is 0.471 e. The van der Waals surface area contributed by atoms with Crippen LogP contribution < -0.4 is 15.4 Å². The molecule has 0 fully saturated rings. The lowest BCUT2D eigenvalue weighted by Crippen LogP contribution is -2.19. The van der Waals surface area contributed by atoms with Crippen molar-refractivity contribution in [2.75, 3.05) is 10.6 Å². The van der Waals surface area contributed by atoms with Crippen molar-refractivity contribution in [2.24, 2.45) is 0 Å². The summed E-state index contributed by atoms with van der Waals surface area (Å²) in [7, 11) is 0. The topological polar surface area (TPSA) is 68.9 Å². The van der Waals surface area contributed by atoms with E-state index in [1.165, 1.54) is 11.1 Å². The highest BCUT2D eigenvalue weighted by Crippen LogP contribution is 2.17. The SMILES string of the molecule is Cc1ccccc1Cn1ccc(NC(=S)Nc2cnn(COc3ccc(Br)cc3)c2)n1. The number of anilines is 2. The first-order valence-corrected chi connectivity index (χ1v) is 10.8. The summed E-state index contributed by atoms with van der Waals surface area (Å²) in [5, 5.41) is 15.5. The first-order chi connectivity index (χ1) is 15.0. The zero-order valence-corrected chi connectivity index (χ0v) is 19.2. The lowest BCUT2D eigenvalue weighted by molar-refractivity contribution is 0.221. The van der Waals surface area contributed by atoms with E-state index in [1.807, 2.05) is 59.5 Å². The van der Waals surface area contributed by atoms with Crippen LogP contribution in [-0.2, 0) is 13.3 Å². The van der Waals surface area contributed by atoms with Gasteiger partial charge in [0, 0.05) is 16.7 Å². The lowest BCUT2D eigenvalue weighted by Gasteiger charge is -2.08. The molecule has 0 aliphatic heterocycles. The fraction of sp³-hybridized carbons (Fsp3) is 0.136. The van der Waals surface area contributed by atoms with Gasteiger partial charge in [-0.25, -0.2) is 4.68 Å². The Hall–Kier alpha value is -3.17. The van der Waals surface area contributed by atoms with E-state index < -0.39 is 0 Å². The molecule has 2 heterocycles. The van der Waals surface area contributed by atoms with Crippen LogP contribution in [0.15, 0.2) is 77.7 Å². The molecule has 0 spiro atoms. The molecule has 4 aromatic rings. The highest BCUT2D eigenvalue weighted by Gasteiger charge is 2.06. The Morgan fingerprint density at radius 1 is 1.06 bits per heavy atom. The molecule has 0 bridgehead atoms. The number of aryl methyl sites for hydroxylation is 1. The van der Waals surface area contributed by atoms with E-state index in [9.17, 15) is 0 Å². The second-order valence-electron chi connectivity index (χ2n) is 6.90. The van der Waals surface area contributed by atoms with Gasteiger partial charge in [-0.2, -0.15) is 10.2 Å².